The molecule has 1 aliphatic heterocycles. The van der Waals surface area contributed by atoms with Crippen LogP contribution in [0.5, 0.6) is 17.2 Å². The molecule has 224 valence electrons. The molecule has 3 aromatic carbocycles. The maximum atomic E-state index is 13.0. The zero-order chi connectivity index (χ0) is 30.0. The average Bonchev–Trinajstić information content (AvgIpc) is 3.33. The Bertz CT molecular complexity index is 1320. The van der Waals surface area contributed by atoms with E-state index in [4.69, 9.17) is 28.4 Å². The van der Waals surface area contributed by atoms with Crippen molar-refractivity contribution in [3.63, 3.8) is 0 Å². The number of benzene rings is 3. The topological polar surface area (TPSA) is 89.5 Å². The van der Waals surface area contributed by atoms with Gasteiger partial charge in [-0.05, 0) is 80.9 Å². The third kappa shape index (κ3) is 8.18. The van der Waals surface area contributed by atoms with Crippen LogP contribution in [0.25, 0.3) is 0 Å². The minimum atomic E-state index is -1.21. The molecule has 0 aliphatic carbocycles. The summed E-state index contributed by atoms with van der Waals surface area (Å²) in [5.74, 6) is -1.84. The molecule has 0 aromatic heterocycles. The van der Waals surface area contributed by atoms with Crippen LogP contribution in [0.3, 0.4) is 0 Å². The lowest BCUT2D eigenvalue weighted by Gasteiger charge is -2.29. The fraction of sp³-hybridized carbons (Fsp3) is 0.412. The lowest BCUT2D eigenvalue weighted by atomic mass is 10.1. The second-order valence-corrected chi connectivity index (χ2v) is 10.7. The van der Waals surface area contributed by atoms with Crippen molar-refractivity contribution in [3.8, 4) is 17.2 Å². The fourth-order valence-corrected chi connectivity index (χ4v) is 4.68. The predicted molar refractivity (Wildman–Crippen MR) is 158 cm³/mol. The van der Waals surface area contributed by atoms with Gasteiger partial charge < -0.3 is 28.4 Å². The molecule has 0 bridgehead atoms. The molecule has 8 nitrogen and oxygen atoms in total. The van der Waals surface area contributed by atoms with Gasteiger partial charge >= 0.3 is 11.9 Å². The van der Waals surface area contributed by atoms with E-state index in [1.807, 2.05) is 6.07 Å². The van der Waals surface area contributed by atoms with Crippen LogP contribution in [-0.2, 0) is 20.0 Å². The van der Waals surface area contributed by atoms with Crippen LogP contribution in [-0.4, -0.2) is 38.0 Å². The van der Waals surface area contributed by atoms with E-state index in [-0.39, 0.29) is 12.2 Å². The van der Waals surface area contributed by atoms with Crippen LogP contribution in [0.4, 0.5) is 0 Å². The van der Waals surface area contributed by atoms with Crippen molar-refractivity contribution < 1.29 is 38.0 Å². The Labute approximate surface area is 247 Å². The Kier molecular flexibility index (Phi) is 10.7. The highest BCUT2D eigenvalue weighted by molar-refractivity contribution is 5.92. The zero-order valence-corrected chi connectivity index (χ0v) is 24.9. The normalized spacial score (nSPS) is 17.5. The van der Waals surface area contributed by atoms with Crippen molar-refractivity contribution in [2.45, 2.75) is 70.9 Å². The van der Waals surface area contributed by atoms with Crippen LogP contribution in [0.1, 0.15) is 85.6 Å². The van der Waals surface area contributed by atoms with Gasteiger partial charge in [-0.1, -0.05) is 51.2 Å². The monoisotopic (exact) mass is 576 g/mol. The number of rotatable bonds is 14. The molecule has 1 aliphatic rings. The van der Waals surface area contributed by atoms with E-state index < -0.39 is 23.5 Å². The quantitative estimate of drug-likeness (QED) is 0.111. The molecular formula is C34H40O8. The van der Waals surface area contributed by atoms with Gasteiger partial charge in [-0.15, -0.1) is 0 Å². The van der Waals surface area contributed by atoms with E-state index >= 15 is 0 Å². The summed E-state index contributed by atoms with van der Waals surface area (Å²) in [6, 6.07) is 20.1. The van der Waals surface area contributed by atoms with Gasteiger partial charge in [-0.2, -0.15) is 0 Å². The van der Waals surface area contributed by atoms with Gasteiger partial charge in [0.15, 0.2) is 5.79 Å². The van der Waals surface area contributed by atoms with Crippen molar-refractivity contribution in [2.75, 3.05) is 20.3 Å². The second kappa shape index (κ2) is 14.4. The molecule has 8 heteroatoms. The Morgan fingerprint density at radius 3 is 1.98 bits per heavy atom. The molecule has 0 radical (unpaired) electrons. The number of para-hydroxylation sites is 1. The van der Waals surface area contributed by atoms with Crippen molar-refractivity contribution >= 4 is 11.9 Å². The first-order valence-corrected chi connectivity index (χ1v) is 14.5. The molecular weight excluding hydrogens is 536 g/mol. The van der Waals surface area contributed by atoms with Gasteiger partial charge in [0.2, 0.25) is 5.79 Å². The van der Waals surface area contributed by atoms with Crippen LogP contribution in [0.15, 0.2) is 72.8 Å². The van der Waals surface area contributed by atoms with Gasteiger partial charge in [-0.3, -0.25) is 0 Å². The predicted octanol–water partition coefficient (Wildman–Crippen LogP) is 7.45. The average molecular weight is 577 g/mol. The summed E-state index contributed by atoms with van der Waals surface area (Å²) in [5, 5.41) is 0. The van der Waals surface area contributed by atoms with Gasteiger partial charge in [0.05, 0.1) is 23.3 Å². The highest BCUT2D eigenvalue weighted by Crippen LogP contribution is 2.43. The number of esters is 2. The third-order valence-electron chi connectivity index (χ3n) is 7.01. The molecule has 1 atom stereocenters. The molecule has 1 fully saturated rings. The molecule has 0 unspecified atom stereocenters. The van der Waals surface area contributed by atoms with Crippen molar-refractivity contribution in [1.82, 2.24) is 0 Å². The standard InChI is InChI=1S/C34H40O8/c1-5-6-7-8-9-12-23-38-27-19-15-25(16-20-27)31(35)40-28-21-17-26(18-22-28)32(36)41-30-14-11-10-13-29(30)34(37-4)24-39-33(2,3)42-34/h10-11,13-22H,5-9,12,23-24H2,1-4H3/t34-/m1/s1. The van der Waals surface area contributed by atoms with Crippen LogP contribution < -0.4 is 14.2 Å². The van der Waals surface area contributed by atoms with E-state index in [0.717, 1.165) is 18.6 Å². The lowest BCUT2D eigenvalue weighted by Crippen LogP contribution is -2.34. The Balaban J connectivity index is 1.31. The van der Waals surface area contributed by atoms with Gasteiger partial charge in [-0.25, -0.2) is 9.59 Å². The maximum Gasteiger partial charge on any atom is 0.343 e. The number of carbonyl (C=O) groups is 2. The molecule has 0 N–H and O–H groups in total. The summed E-state index contributed by atoms with van der Waals surface area (Å²) in [6.45, 7) is 6.58. The summed E-state index contributed by atoms with van der Waals surface area (Å²) in [6.07, 6.45) is 7.20. The molecule has 1 saturated heterocycles. The number of hydrogen-bond donors (Lipinski definition) is 0. The van der Waals surface area contributed by atoms with Gasteiger partial charge in [0.25, 0.3) is 0 Å². The van der Waals surface area contributed by atoms with Crippen LogP contribution in [0.2, 0.25) is 0 Å². The number of methoxy groups -OCH3 is 1. The number of unbranched alkanes of at least 4 members (excludes halogenated alkanes) is 5. The molecule has 42 heavy (non-hydrogen) atoms. The van der Waals surface area contributed by atoms with E-state index in [1.54, 1.807) is 68.4 Å². The summed E-state index contributed by atoms with van der Waals surface area (Å²) < 4.78 is 34.5. The Morgan fingerprint density at radius 2 is 1.36 bits per heavy atom. The molecule has 3 aromatic rings. The largest absolute Gasteiger partial charge is 0.494 e. The number of carbonyl (C=O) groups excluding carboxylic acids is 2. The summed E-state index contributed by atoms with van der Waals surface area (Å²) >= 11 is 0. The van der Waals surface area contributed by atoms with Crippen molar-refractivity contribution in [2.24, 2.45) is 0 Å². The first kappa shape index (κ1) is 31.2. The fourth-order valence-electron chi connectivity index (χ4n) is 4.68. The molecule has 0 spiro atoms. The molecule has 0 saturated carbocycles. The summed E-state index contributed by atoms with van der Waals surface area (Å²) in [7, 11) is 1.52. The maximum absolute atomic E-state index is 13.0. The molecule has 4 rings (SSSR count). The minimum Gasteiger partial charge on any atom is -0.494 e. The zero-order valence-electron chi connectivity index (χ0n) is 24.9. The van der Waals surface area contributed by atoms with E-state index in [1.165, 1.54) is 44.9 Å². The molecule has 0 amide bonds. The van der Waals surface area contributed by atoms with E-state index in [0.29, 0.717) is 29.2 Å². The summed E-state index contributed by atoms with van der Waals surface area (Å²) in [4.78, 5) is 25.6. The number of hydrogen-bond acceptors (Lipinski definition) is 8. The van der Waals surface area contributed by atoms with E-state index in [9.17, 15) is 9.59 Å². The Hall–Kier alpha value is -3.72. The van der Waals surface area contributed by atoms with Crippen molar-refractivity contribution in [1.29, 1.82) is 0 Å². The Morgan fingerprint density at radius 1 is 0.762 bits per heavy atom. The van der Waals surface area contributed by atoms with Crippen molar-refractivity contribution in [3.05, 3.63) is 89.5 Å². The van der Waals surface area contributed by atoms with Crippen LogP contribution in [0, 0.1) is 0 Å². The van der Waals surface area contributed by atoms with E-state index in [2.05, 4.69) is 6.92 Å². The molecule has 1 heterocycles. The third-order valence-corrected chi connectivity index (χ3v) is 7.01. The lowest BCUT2D eigenvalue weighted by molar-refractivity contribution is -0.250. The second-order valence-electron chi connectivity index (χ2n) is 10.7. The highest BCUT2D eigenvalue weighted by Gasteiger charge is 2.49. The van der Waals surface area contributed by atoms with Crippen LogP contribution >= 0.6 is 0 Å². The smallest absolute Gasteiger partial charge is 0.343 e. The minimum absolute atomic E-state index is 0.139. The first-order valence-electron chi connectivity index (χ1n) is 14.5. The number of ether oxygens (including phenoxy) is 6. The summed E-state index contributed by atoms with van der Waals surface area (Å²) in [5.41, 5.74) is 1.22. The van der Waals surface area contributed by atoms with Gasteiger partial charge in [0.1, 0.15) is 23.9 Å². The highest BCUT2D eigenvalue weighted by atomic mass is 16.8. The first-order chi connectivity index (χ1) is 20.2. The SMILES string of the molecule is CCCCCCCCOc1ccc(C(=O)Oc2ccc(C(=O)Oc3ccccc3[C@@]3(OC)COC(C)(C)O3)cc2)cc1. The van der Waals surface area contributed by atoms with Gasteiger partial charge in [0, 0.05) is 7.11 Å².